The third-order valence-electron chi connectivity index (χ3n) is 5.18. The lowest BCUT2D eigenvalue weighted by Gasteiger charge is -2.36. The highest BCUT2D eigenvalue weighted by molar-refractivity contribution is 5.96. The van der Waals surface area contributed by atoms with Crippen LogP contribution in [0.25, 0.3) is 11.1 Å². The fourth-order valence-corrected chi connectivity index (χ4v) is 3.55. The van der Waals surface area contributed by atoms with Crippen LogP contribution in [-0.2, 0) is 5.67 Å². The van der Waals surface area contributed by atoms with Crippen molar-refractivity contribution in [1.82, 2.24) is 9.88 Å². The maximum atomic E-state index is 15.6. The number of methoxy groups -OCH3 is 2. The van der Waals surface area contributed by atoms with Crippen molar-refractivity contribution in [2.75, 3.05) is 27.3 Å². The van der Waals surface area contributed by atoms with E-state index in [0.717, 1.165) is 5.52 Å². The molecule has 3 aromatic rings. The molecule has 1 aromatic carbocycles. The zero-order valence-electron chi connectivity index (χ0n) is 15.3. The molecule has 0 spiro atoms. The van der Waals surface area contributed by atoms with Crippen LogP contribution in [0.3, 0.4) is 0 Å². The first kappa shape index (κ1) is 17.5. The Balaban J connectivity index is 1.50. The highest BCUT2D eigenvalue weighted by Gasteiger charge is 2.38. The fourth-order valence-electron chi connectivity index (χ4n) is 3.55. The van der Waals surface area contributed by atoms with Crippen molar-refractivity contribution in [3.8, 4) is 11.5 Å². The van der Waals surface area contributed by atoms with Crippen LogP contribution < -0.4 is 9.47 Å². The van der Waals surface area contributed by atoms with Crippen molar-refractivity contribution < 1.29 is 23.1 Å². The summed E-state index contributed by atoms with van der Waals surface area (Å²) in [6.07, 6.45) is 1.99. The first-order valence-electron chi connectivity index (χ1n) is 8.80. The predicted octanol–water partition coefficient (Wildman–Crippen LogP) is 3.88. The van der Waals surface area contributed by atoms with E-state index < -0.39 is 5.67 Å². The molecule has 27 heavy (non-hydrogen) atoms. The number of hydrogen-bond acceptors (Lipinski definition) is 4. The standard InChI is InChI=1S/C20H21FN2O4/c1-25-14-9-13(10-15(11-14)26-2)20(21)4-6-23(7-5-20)19(24)17-12-18-16(22-17)3-8-27-18/h3,8-12,22H,4-7H2,1-2H3. The van der Waals surface area contributed by atoms with Crippen LogP contribution in [-0.4, -0.2) is 43.1 Å². The number of fused-ring (bicyclic) bond motifs is 1. The minimum atomic E-state index is -1.53. The lowest BCUT2D eigenvalue weighted by molar-refractivity contribution is 0.0416. The van der Waals surface area contributed by atoms with Gasteiger partial charge in [0.05, 0.1) is 26.0 Å². The Morgan fingerprint density at radius 1 is 1.15 bits per heavy atom. The summed E-state index contributed by atoms with van der Waals surface area (Å²) in [7, 11) is 3.08. The Morgan fingerprint density at radius 3 is 2.41 bits per heavy atom. The average Bonchev–Trinajstić information content (AvgIpc) is 3.30. The number of amides is 1. The van der Waals surface area contributed by atoms with Crippen LogP contribution in [0, 0.1) is 0 Å². The van der Waals surface area contributed by atoms with Crippen LogP contribution in [0.5, 0.6) is 11.5 Å². The number of likely N-dealkylation sites (tertiary alicyclic amines) is 1. The average molecular weight is 372 g/mol. The summed E-state index contributed by atoms with van der Waals surface area (Å²) >= 11 is 0. The highest BCUT2D eigenvalue weighted by Crippen LogP contribution is 2.40. The van der Waals surface area contributed by atoms with Gasteiger partial charge < -0.3 is 23.8 Å². The van der Waals surface area contributed by atoms with Gasteiger partial charge in [0.1, 0.15) is 22.9 Å². The molecule has 1 fully saturated rings. The molecule has 0 atom stereocenters. The Hall–Kier alpha value is -2.96. The monoisotopic (exact) mass is 372 g/mol. The summed E-state index contributed by atoms with van der Waals surface area (Å²) in [6, 6.07) is 8.55. The fraction of sp³-hybridized carbons (Fsp3) is 0.350. The summed E-state index contributed by atoms with van der Waals surface area (Å²) in [4.78, 5) is 17.4. The second-order valence-electron chi connectivity index (χ2n) is 6.74. The lowest BCUT2D eigenvalue weighted by Crippen LogP contribution is -2.43. The quantitative estimate of drug-likeness (QED) is 0.755. The van der Waals surface area contributed by atoms with Crippen LogP contribution in [0.1, 0.15) is 28.9 Å². The molecule has 0 unspecified atom stereocenters. The SMILES string of the molecule is COc1cc(OC)cc(C2(F)CCN(C(=O)c3cc4occc4[nH]3)CC2)c1. The second kappa shape index (κ2) is 6.64. The first-order valence-corrected chi connectivity index (χ1v) is 8.80. The van der Waals surface area contributed by atoms with E-state index in [-0.39, 0.29) is 18.7 Å². The first-order chi connectivity index (χ1) is 13.0. The molecule has 1 aliphatic rings. The topological polar surface area (TPSA) is 67.7 Å². The Labute approximate surface area is 155 Å². The lowest BCUT2D eigenvalue weighted by atomic mass is 9.85. The Morgan fingerprint density at radius 2 is 1.81 bits per heavy atom. The van der Waals surface area contributed by atoms with E-state index in [1.165, 1.54) is 14.2 Å². The molecule has 1 aliphatic heterocycles. The molecule has 1 amide bonds. The van der Waals surface area contributed by atoms with Crippen LogP contribution in [0.15, 0.2) is 41.0 Å². The van der Waals surface area contributed by atoms with Crippen molar-refractivity contribution in [2.24, 2.45) is 0 Å². The van der Waals surface area contributed by atoms with Crippen molar-refractivity contribution in [1.29, 1.82) is 0 Å². The number of hydrogen-bond donors (Lipinski definition) is 1. The highest BCUT2D eigenvalue weighted by atomic mass is 19.1. The molecule has 0 saturated carbocycles. The van der Waals surface area contributed by atoms with E-state index in [2.05, 4.69) is 4.98 Å². The number of carbonyl (C=O) groups is 1. The third-order valence-corrected chi connectivity index (χ3v) is 5.18. The van der Waals surface area contributed by atoms with Crippen LogP contribution >= 0.6 is 0 Å². The van der Waals surface area contributed by atoms with Gasteiger partial charge in [-0.05, 0) is 17.7 Å². The van der Waals surface area contributed by atoms with Gasteiger partial charge in [-0.15, -0.1) is 0 Å². The summed E-state index contributed by atoms with van der Waals surface area (Å²) in [6.45, 7) is 0.657. The number of alkyl halides is 1. The largest absolute Gasteiger partial charge is 0.497 e. The number of nitrogens with zero attached hydrogens (tertiary/aromatic N) is 1. The molecule has 4 rings (SSSR count). The van der Waals surface area contributed by atoms with Gasteiger partial charge in [-0.3, -0.25) is 4.79 Å². The van der Waals surface area contributed by atoms with Gasteiger partial charge in [0.25, 0.3) is 5.91 Å². The third kappa shape index (κ3) is 3.13. The molecule has 0 radical (unpaired) electrons. The number of aromatic amines is 1. The maximum Gasteiger partial charge on any atom is 0.270 e. The summed E-state index contributed by atoms with van der Waals surface area (Å²) in [5.41, 5.74) is 0.862. The molecule has 6 nitrogen and oxygen atoms in total. The van der Waals surface area contributed by atoms with E-state index in [1.807, 2.05) is 0 Å². The van der Waals surface area contributed by atoms with Crippen molar-refractivity contribution in [3.63, 3.8) is 0 Å². The van der Waals surface area contributed by atoms with E-state index >= 15 is 4.39 Å². The van der Waals surface area contributed by atoms with Gasteiger partial charge in [-0.2, -0.15) is 0 Å². The minimum absolute atomic E-state index is 0.147. The van der Waals surface area contributed by atoms with Gasteiger partial charge >= 0.3 is 0 Å². The van der Waals surface area contributed by atoms with Gasteiger partial charge in [0.15, 0.2) is 5.58 Å². The molecular formula is C20H21FN2O4. The summed E-state index contributed by atoms with van der Waals surface area (Å²) in [5, 5.41) is 0. The number of aromatic nitrogens is 1. The normalized spacial score (nSPS) is 16.5. The zero-order chi connectivity index (χ0) is 19.0. The zero-order valence-corrected chi connectivity index (χ0v) is 15.3. The molecular weight excluding hydrogens is 351 g/mol. The second-order valence-corrected chi connectivity index (χ2v) is 6.74. The summed E-state index contributed by atoms with van der Waals surface area (Å²) < 4.78 is 31.4. The number of piperidine rings is 1. The van der Waals surface area contributed by atoms with Crippen LogP contribution in [0.2, 0.25) is 0 Å². The van der Waals surface area contributed by atoms with Crippen molar-refractivity contribution >= 4 is 17.0 Å². The van der Waals surface area contributed by atoms with Crippen LogP contribution in [0.4, 0.5) is 4.39 Å². The summed E-state index contributed by atoms with van der Waals surface area (Å²) in [5.74, 6) is 0.953. The number of H-pyrrole nitrogens is 1. The molecule has 142 valence electrons. The number of benzene rings is 1. The van der Waals surface area contributed by atoms with E-state index in [4.69, 9.17) is 13.9 Å². The molecule has 0 bridgehead atoms. The van der Waals surface area contributed by atoms with E-state index in [1.54, 1.807) is 41.5 Å². The number of furan rings is 1. The number of halogens is 1. The smallest absolute Gasteiger partial charge is 0.270 e. The van der Waals surface area contributed by atoms with Gasteiger partial charge in [0.2, 0.25) is 0 Å². The van der Waals surface area contributed by atoms with Crippen molar-refractivity contribution in [3.05, 3.63) is 47.9 Å². The predicted molar refractivity (Wildman–Crippen MR) is 98.0 cm³/mol. The van der Waals surface area contributed by atoms with Gasteiger partial charge in [0, 0.05) is 44.1 Å². The molecule has 1 saturated heterocycles. The van der Waals surface area contributed by atoms with Gasteiger partial charge in [-0.1, -0.05) is 0 Å². The number of rotatable bonds is 4. The number of carbonyl (C=O) groups excluding carboxylic acids is 1. The van der Waals surface area contributed by atoms with Crippen molar-refractivity contribution in [2.45, 2.75) is 18.5 Å². The van der Waals surface area contributed by atoms with E-state index in [9.17, 15) is 4.79 Å². The van der Waals surface area contributed by atoms with E-state index in [0.29, 0.717) is 41.4 Å². The number of ether oxygens (including phenoxy) is 2. The molecule has 2 aromatic heterocycles. The van der Waals surface area contributed by atoms with Gasteiger partial charge in [-0.25, -0.2) is 4.39 Å². The maximum absolute atomic E-state index is 15.6. The molecule has 7 heteroatoms. The Kier molecular flexibility index (Phi) is 4.30. The Bertz CT molecular complexity index is 919. The minimum Gasteiger partial charge on any atom is -0.497 e. The molecule has 0 aliphatic carbocycles. The number of nitrogens with one attached hydrogen (secondary N) is 1. The molecule has 3 heterocycles. The molecule has 1 N–H and O–H groups in total.